The van der Waals surface area contributed by atoms with Crippen molar-refractivity contribution in [1.29, 1.82) is 0 Å². The lowest BCUT2D eigenvalue weighted by Gasteiger charge is -2.13. The van der Waals surface area contributed by atoms with Crippen LogP contribution in [0.25, 0.3) is 0 Å². The van der Waals surface area contributed by atoms with Crippen molar-refractivity contribution in [2.75, 3.05) is 38.0 Å². The minimum atomic E-state index is -0.589. The van der Waals surface area contributed by atoms with Crippen molar-refractivity contribution in [3.05, 3.63) is 40.9 Å². The van der Waals surface area contributed by atoms with E-state index < -0.39 is 24.5 Å². The van der Waals surface area contributed by atoms with Crippen molar-refractivity contribution in [3.8, 4) is 0 Å². The van der Waals surface area contributed by atoms with Crippen LogP contribution in [0.15, 0.2) is 29.6 Å². The van der Waals surface area contributed by atoms with Crippen LogP contribution in [0.1, 0.15) is 16.1 Å². The number of amides is 1. The van der Waals surface area contributed by atoms with E-state index in [4.69, 9.17) is 4.74 Å². The maximum atomic E-state index is 12.0. The third-order valence-electron chi connectivity index (χ3n) is 3.28. The molecule has 0 radical (unpaired) electrons. The van der Waals surface area contributed by atoms with Crippen LogP contribution in [0, 0.1) is 0 Å². The van der Waals surface area contributed by atoms with Gasteiger partial charge in [-0.05, 0) is 18.2 Å². The number of hydrogen-bond donors (Lipinski definition) is 1. The summed E-state index contributed by atoms with van der Waals surface area (Å²) in [6.07, 6.45) is 0.0278. The lowest BCUT2D eigenvalue weighted by molar-refractivity contribution is -0.139. The Bertz CT molecular complexity index is 803. The van der Waals surface area contributed by atoms with Gasteiger partial charge in [-0.3, -0.25) is 14.9 Å². The summed E-state index contributed by atoms with van der Waals surface area (Å²) in [5, 5.41) is 4.48. The van der Waals surface area contributed by atoms with Gasteiger partial charge in [0.1, 0.15) is 0 Å². The second kappa shape index (κ2) is 8.95. The molecule has 0 spiro atoms. The zero-order valence-electron chi connectivity index (χ0n) is 14.6. The number of anilines is 2. The number of hydrogen-bond acceptors (Lipinski definition) is 8. The highest BCUT2D eigenvalue weighted by Gasteiger charge is 2.13. The zero-order valence-corrected chi connectivity index (χ0v) is 15.5. The summed E-state index contributed by atoms with van der Waals surface area (Å²) in [4.78, 5) is 41.1. The van der Waals surface area contributed by atoms with Crippen LogP contribution in [0.3, 0.4) is 0 Å². The molecular formula is C17H19N3O5S. The number of benzene rings is 1. The third kappa shape index (κ3) is 5.55. The maximum Gasteiger partial charge on any atom is 0.338 e. The fourth-order valence-electron chi connectivity index (χ4n) is 1.95. The molecule has 1 N–H and O–H groups in total. The molecule has 9 heteroatoms. The van der Waals surface area contributed by atoms with Gasteiger partial charge in [0.15, 0.2) is 11.7 Å². The van der Waals surface area contributed by atoms with Crippen molar-refractivity contribution in [2.24, 2.45) is 0 Å². The van der Waals surface area contributed by atoms with E-state index in [9.17, 15) is 14.4 Å². The van der Waals surface area contributed by atoms with E-state index in [1.165, 1.54) is 18.4 Å². The van der Waals surface area contributed by atoms with Gasteiger partial charge < -0.3 is 14.4 Å². The molecular weight excluding hydrogens is 358 g/mol. The Morgan fingerprint density at radius 2 is 2.04 bits per heavy atom. The highest BCUT2D eigenvalue weighted by Crippen LogP contribution is 2.16. The Morgan fingerprint density at radius 1 is 1.27 bits per heavy atom. The van der Waals surface area contributed by atoms with Crippen LogP contribution in [0.2, 0.25) is 0 Å². The Morgan fingerprint density at radius 3 is 2.73 bits per heavy atom. The van der Waals surface area contributed by atoms with Crippen LogP contribution in [-0.4, -0.2) is 50.6 Å². The zero-order chi connectivity index (χ0) is 19.1. The summed E-state index contributed by atoms with van der Waals surface area (Å²) in [6, 6.07) is 6.90. The van der Waals surface area contributed by atoms with E-state index >= 15 is 0 Å². The molecule has 0 unspecified atom stereocenters. The quantitative estimate of drug-likeness (QED) is 0.734. The number of ether oxygens (including phenoxy) is 2. The van der Waals surface area contributed by atoms with Gasteiger partial charge in [0.05, 0.1) is 24.8 Å². The van der Waals surface area contributed by atoms with E-state index in [0.29, 0.717) is 16.4 Å². The van der Waals surface area contributed by atoms with Crippen LogP contribution in [0.5, 0.6) is 0 Å². The SMILES string of the molecule is COC(=O)Cc1csc(NC(=O)COC(=O)c2cccc(N(C)C)c2)n1. The molecule has 0 fully saturated rings. The van der Waals surface area contributed by atoms with Gasteiger partial charge in [-0.1, -0.05) is 6.07 Å². The van der Waals surface area contributed by atoms with Crippen molar-refractivity contribution in [1.82, 2.24) is 4.98 Å². The molecule has 0 aliphatic heterocycles. The summed E-state index contributed by atoms with van der Waals surface area (Å²) in [6.45, 7) is -0.434. The number of methoxy groups -OCH3 is 1. The van der Waals surface area contributed by atoms with Crippen molar-refractivity contribution < 1.29 is 23.9 Å². The molecule has 1 aromatic heterocycles. The fourth-order valence-corrected chi connectivity index (χ4v) is 2.67. The average Bonchev–Trinajstić information content (AvgIpc) is 3.06. The van der Waals surface area contributed by atoms with E-state index in [1.54, 1.807) is 23.6 Å². The summed E-state index contributed by atoms with van der Waals surface area (Å²) in [7, 11) is 5.01. The number of carbonyl (C=O) groups excluding carboxylic acids is 3. The van der Waals surface area contributed by atoms with Gasteiger partial charge in [0.25, 0.3) is 5.91 Å². The molecule has 1 heterocycles. The topological polar surface area (TPSA) is 97.8 Å². The van der Waals surface area contributed by atoms with E-state index in [0.717, 1.165) is 5.69 Å². The Kier molecular flexibility index (Phi) is 6.67. The number of nitrogens with one attached hydrogen (secondary N) is 1. The third-order valence-corrected chi connectivity index (χ3v) is 4.09. The highest BCUT2D eigenvalue weighted by atomic mass is 32.1. The molecule has 0 aliphatic rings. The minimum Gasteiger partial charge on any atom is -0.469 e. The fraction of sp³-hybridized carbons (Fsp3) is 0.294. The molecule has 138 valence electrons. The van der Waals surface area contributed by atoms with Gasteiger partial charge in [0, 0.05) is 25.2 Å². The molecule has 2 aromatic rings. The molecule has 0 bridgehead atoms. The first-order valence-electron chi connectivity index (χ1n) is 7.64. The number of esters is 2. The van der Waals surface area contributed by atoms with E-state index in [-0.39, 0.29) is 6.42 Å². The molecule has 0 aliphatic carbocycles. The lowest BCUT2D eigenvalue weighted by atomic mass is 10.2. The molecule has 1 amide bonds. The molecule has 1 aromatic carbocycles. The summed E-state index contributed by atoms with van der Waals surface area (Å²) in [5.41, 5.74) is 1.71. The molecule has 26 heavy (non-hydrogen) atoms. The number of nitrogens with zero attached hydrogens (tertiary/aromatic N) is 2. The van der Waals surface area contributed by atoms with Crippen molar-refractivity contribution >= 4 is 40.0 Å². The highest BCUT2D eigenvalue weighted by molar-refractivity contribution is 7.13. The first-order valence-corrected chi connectivity index (χ1v) is 8.52. The van der Waals surface area contributed by atoms with Crippen LogP contribution >= 0.6 is 11.3 Å². The first-order chi connectivity index (χ1) is 12.4. The summed E-state index contributed by atoms with van der Waals surface area (Å²) in [5.74, 6) is -1.52. The largest absolute Gasteiger partial charge is 0.469 e. The lowest BCUT2D eigenvalue weighted by Crippen LogP contribution is -2.21. The van der Waals surface area contributed by atoms with Crippen LogP contribution < -0.4 is 10.2 Å². The number of aromatic nitrogens is 1. The van der Waals surface area contributed by atoms with Gasteiger partial charge in [-0.15, -0.1) is 11.3 Å². The van der Waals surface area contributed by atoms with Crippen molar-refractivity contribution in [2.45, 2.75) is 6.42 Å². The Hall–Kier alpha value is -2.94. The van der Waals surface area contributed by atoms with Gasteiger partial charge in [-0.25, -0.2) is 9.78 Å². The number of rotatable bonds is 7. The van der Waals surface area contributed by atoms with E-state index in [1.807, 2.05) is 25.1 Å². The van der Waals surface area contributed by atoms with Gasteiger partial charge in [0.2, 0.25) is 0 Å². The van der Waals surface area contributed by atoms with Crippen LogP contribution in [0.4, 0.5) is 10.8 Å². The number of carbonyl (C=O) groups is 3. The molecule has 0 atom stereocenters. The second-order valence-electron chi connectivity index (χ2n) is 5.47. The summed E-state index contributed by atoms with van der Waals surface area (Å²) < 4.78 is 9.57. The van der Waals surface area contributed by atoms with Gasteiger partial charge in [-0.2, -0.15) is 0 Å². The predicted octanol–water partition coefficient (Wildman–Crippen LogP) is 1.72. The van der Waals surface area contributed by atoms with E-state index in [2.05, 4.69) is 15.0 Å². The minimum absolute atomic E-state index is 0.0278. The predicted molar refractivity (Wildman–Crippen MR) is 97.5 cm³/mol. The molecule has 8 nitrogen and oxygen atoms in total. The monoisotopic (exact) mass is 377 g/mol. The molecule has 0 saturated carbocycles. The number of thiazole rings is 1. The first kappa shape index (κ1) is 19.4. The van der Waals surface area contributed by atoms with Gasteiger partial charge >= 0.3 is 11.9 Å². The standard InChI is InChI=1S/C17H19N3O5S/c1-20(2)13-6-4-5-11(7-13)16(23)25-9-14(21)19-17-18-12(10-26-17)8-15(22)24-3/h4-7,10H,8-9H2,1-3H3,(H,18,19,21). The summed E-state index contributed by atoms with van der Waals surface area (Å²) >= 11 is 1.17. The van der Waals surface area contributed by atoms with Crippen LogP contribution in [-0.2, 0) is 25.5 Å². The Labute approximate surface area is 154 Å². The maximum absolute atomic E-state index is 12.0. The molecule has 0 saturated heterocycles. The second-order valence-corrected chi connectivity index (χ2v) is 6.32. The molecule has 2 rings (SSSR count). The normalized spacial score (nSPS) is 10.1. The Balaban J connectivity index is 1.86. The average molecular weight is 377 g/mol. The van der Waals surface area contributed by atoms with Crippen molar-refractivity contribution in [3.63, 3.8) is 0 Å². The smallest absolute Gasteiger partial charge is 0.338 e.